The van der Waals surface area contributed by atoms with Crippen LogP contribution in [0.3, 0.4) is 0 Å². The third-order valence-corrected chi connectivity index (χ3v) is 6.56. The van der Waals surface area contributed by atoms with Gasteiger partial charge in [0.05, 0.1) is 28.7 Å². The van der Waals surface area contributed by atoms with Crippen LogP contribution in [0.5, 0.6) is 0 Å². The SMILES string of the molecule is O=C(c1ccco1)N1CCN(c2ccc(N3C(=O)C4CC=CCC4C3=O)cc2[N+](=O)[O-])CC1. The maximum atomic E-state index is 12.9. The fraction of sp³-hybridized carbons (Fsp3) is 0.348. The lowest BCUT2D eigenvalue weighted by atomic mass is 9.85. The van der Waals surface area contributed by atoms with Crippen LogP contribution in [0, 0.1) is 22.0 Å². The Morgan fingerprint density at radius 1 is 1.00 bits per heavy atom. The van der Waals surface area contributed by atoms with Crippen LogP contribution in [0.1, 0.15) is 23.4 Å². The van der Waals surface area contributed by atoms with Crippen molar-refractivity contribution in [3.05, 3.63) is 64.6 Å². The van der Waals surface area contributed by atoms with Gasteiger partial charge in [0.15, 0.2) is 5.76 Å². The van der Waals surface area contributed by atoms with E-state index in [0.29, 0.717) is 44.7 Å². The van der Waals surface area contributed by atoms with Gasteiger partial charge in [-0.1, -0.05) is 12.2 Å². The molecule has 0 radical (unpaired) electrons. The van der Waals surface area contributed by atoms with Gasteiger partial charge < -0.3 is 14.2 Å². The lowest BCUT2D eigenvalue weighted by Gasteiger charge is -2.35. The highest BCUT2D eigenvalue weighted by atomic mass is 16.6. The van der Waals surface area contributed by atoms with Crippen LogP contribution in [0.2, 0.25) is 0 Å². The van der Waals surface area contributed by atoms with Gasteiger partial charge in [0.25, 0.3) is 11.6 Å². The van der Waals surface area contributed by atoms with Crippen LogP contribution < -0.4 is 9.80 Å². The van der Waals surface area contributed by atoms with E-state index in [1.165, 1.54) is 12.3 Å². The molecule has 2 atom stereocenters. The summed E-state index contributed by atoms with van der Waals surface area (Å²) in [4.78, 5) is 54.2. The van der Waals surface area contributed by atoms with E-state index in [2.05, 4.69) is 0 Å². The van der Waals surface area contributed by atoms with Crippen molar-refractivity contribution in [3.63, 3.8) is 0 Å². The average molecular weight is 450 g/mol. The zero-order valence-electron chi connectivity index (χ0n) is 17.8. The van der Waals surface area contributed by atoms with E-state index in [4.69, 9.17) is 4.42 Å². The summed E-state index contributed by atoms with van der Waals surface area (Å²) in [6, 6.07) is 7.72. The number of piperazine rings is 1. The summed E-state index contributed by atoms with van der Waals surface area (Å²) in [6.07, 6.45) is 6.25. The lowest BCUT2D eigenvalue weighted by molar-refractivity contribution is -0.384. The molecule has 3 amide bonds. The highest BCUT2D eigenvalue weighted by Gasteiger charge is 2.48. The molecule has 0 saturated carbocycles. The number of nitrogens with zero attached hydrogens (tertiary/aromatic N) is 4. The van der Waals surface area contributed by atoms with Gasteiger partial charge in [0, 0.05) is 32.2 Å². The number of allylic oxidation sites excluding steroid dienone is 2. The zero-order valence-corrected chi connectivity index (χ0v) is 17.8. The molecule has 3 aliphatic rings. The summed E-state index contributed by atoms with van der Waals surface area (Å²) in [7, 11) is 0. The van der Waals surface area contributed by atoms with Crippen molar-refractivity contribution in [1.29, 1.82) is 0 Å². The summed E-state index contributed by atoms with van der Waals surface area (Å²) in [5, 5.41) is 11.9. The molecule has 5 rings (SSSR count). The highest BCUT2D eigenvalue weighted by molar-refractivity contribution is 6.22. The van der Waals surface area contributed by atoms with E-state index >= 15 is 0 Å². The number of carbonyl (C=O) groups is 3. The monoisotopic (exact) mass is 450 g/mol. The molecule has 2 unspecified atom stereocenters. The lowest BCUT2D eigenvalue weighted by Crippen LogP contribution is -2.48. The molecule has 10 nitrogen and oxygen atoms in total. The number of carbonyl (C=O) groups excluding carboxylic acids is 3. The van der Waals surface area contributed by atoms with Gasteiger partial charge in [-0.05, 0) is 37.1 Å². The first kappa shape index (κ1) is 20.9. The van der Waals surface area contributed by atoms with Crippen LogP contribution in [-0.4, -0.2) is 53.7 Å². The minimum atomic E-state index is -0.501. The summed E-state index contributed by atoms with van der Waals surface area (Å²) in [5.74, 6) is -1.37. The molecular weight excluding hydrogens is 428 g/mol. The highest BCUT2D eigenvalue weighted by Crippen LogP contribution is 2.40. The third-order valence-electron chi connectivity index (χ3n) is 6.56. The van der Waals surface area contributed by atoms with Gasteiger partial charge in [-0.3, -0.25) is 24.5 Å². The first-order valence-electron chi connectivity index (χ1n) is 10.8. The fourth-order valence-electron chi connectivity index (χ4n) is 4.83. The number of amides is 3. The first-order chi connectivity index (χ1) is 16.0. The third kappa shape index (κ3) is 3.57. The minimum Gasteiger partial charge on any atom is -0.459 e. The van der Waals surface area contributed by atoms with E-state index < -0.39 is 16.8 Å². The predicted molar refractivity (Wildman–Crippen MR) is 118 cm³/mol. The standard InChI is InChI=1S/C23H22N4O6/c28-21-16-4-1-2-5-17(16)22(29)26(21)15-7-8-18(19(14-15)27(31)32)24-9-11-25(12-10-24)23(30)20-6-3-13-33-20/h1-3,6-8,13-14,16-17H,4-5,9-12H2. The van der Waals surface area contributed by atoms with Gasteiger partial charge in [0.2, 0.25) is 11.8 Å². The molecule has 3 heterocycles. The van der Waals surface area contributed by atoms with E-state index in [-0.39, 0.29) is 34.9 Å². The number of fused-ring (bicyclic) bond motifs is 1. The fourth-order valence-corrected chi connectivity index (χ4v) is 4.83. The minimum absolute atomic E-state index is 0.174. The molecule has 2 aliphatic heterocycles. The Morgan fingerprint density at radius 3 is 2.24 bits per heavy atom. The normalized spacial score (nSPS) is 22.6. The molecule has 2 aromatic rings. The molecule has 33 heavy (non-hydrogen) atoms. The van der Waals surface area contributed by atoms with Crippen LogP contribution in [0.15, 0.2) is 53.2 Å². The Labute approximate surface area is 189 Å². The number of furan rings is 1. The Bertz CT molecular complexity index is 1120. The number of imide groups is 1. The van der Waals surface area contributed by atoms with E-state index in [9.17, 15) is 24.5 Å². The van der Waals surface area contributed by atoms with Gasteiger partial charge >= 0.3 is 0 Å². The molecule has 0 N–H and O–H groups in total. The van der Waals surface area contributed by atoms with Crippen LogP contribution >= 0.6 is 0 Å². The van der Waals surface area contributed by atoms with E-state index in [1.807, 2.05) is 17.1 Å². The number of hydrogen-bond donors (Lipinski definition) is 0. The van der Waals surface area contributed by atoms with Crippen molar-refractivity contribution in [2.45, 2.75) is 12.8 Å². The number of benzene rings is 1. The Hall–Kier alpha value is -3.95. The predicted octanol–water partition coefficient (Wildman–Crippen LogP) is 2.61. The molecule has 1 aromatic carbocycles. The molecule has 0 spiro atoms. The summed E-state index contributed by atoms with van der Waals surface area (Å²) in [6.45, 7) is 1.59. The van der Waals surface area contributed by atoms with Crippen LogP contribution in [0.25, 0.3) is 0 Å². The molecule has 2 fully saturated rings. The summed E-state index contributed by atoms with van der Waals surface area (Å²) < 4.78 is 5.17. The second-order valence-electron chi connectivity index (χ2n) is 8.35. The molecule has 0 bridgehead atoms. The molecule has 2 saturated heterocycles. The van der Waals surface area contributed by atoms with Crippen molar-refractivity contribution >= 4 is 34.8 Å². The van der Waals surface area contributed by atoms with Gasteiger partial charge in [-0.2, -0.15) is 0 Å². The van der Waals surface area contributed by atoms with Crippen molar-refractivity contribution in [3.8, 4) is 0 Å². The first-order valence-corrected chi connectivity index (χ1v) is 10.8. The zero-order chi connectivity index (χ0) is 23.1. The van der Waals surface area contributed by atoms with Crippen molar-refractivity contribution in [1.82, 2.24) is 4.90 Å². The van der Waals surface area contributed by atoms with Gasteiger partial charge in [-0.15, -0.1) is 0 Å². The number of rotatable bonds is 4. The maximum absolute atomic E-state index is 12.9. The van der Waals surface area contributed by atoms with Crippen LogP contribution in [-0.2, 0) is 9.59 Å². The molecule has 1 aromatic heterocycles. The van der Waals surface area contributed by atoms with Crippen molar-refractivity contribution in [2.24, 2.45) is 11.8 Å². The Balaban J connectivity index is 1.36. The number of anilines is 2. The van der Waals surface area contributed by atoms with Gasteiger partial charge in [0.1, 0.15) is 5.69 Å². The largest absolute Gasteiger partial charge is 0.459 e. The summed E-state index contributed by atoms with van der Waals surface area (Å²) >= 11 is 0. The second kappa shape index (κ2) is 8.19. The molecule has 1 aliphatic carbocycles. The second-order valence-corrected chi connectivity index (χ2v) is 8.35. The average Bonchev–Trinajstić information content (AvgIpc) is 3.46. The number of hydrogen-bond acceptors (Lipinski definition) is 7. The number of nitro groups is 1. The quantitative estimate of drug-likeness (QED) is 0.304. The van der Waals surface area contributed by atoms with Crippen LogP contribution in [0.4, 0.5) is 17.1 Å². The number of nitro benzene ring substituents is 1. The van der Waals surface area contributed by atoms with E-state index in [1.54, 1.807) is 29.2 Å². The smallest absolute Gasteiger partial charge is 0.294 e. The molecular formula is C23H22N4O6. The summed E-state index contributed by atoms with van der Waals surface area (Å²) in [5.41, 5.74) is 0.445. The van der Waals surface area contributed by atoms with Crippen molar-refractivity contribution < 1.29 is 23.7 Å². The van der Waals surface area contributed by atoms with E-state index in [0.717, 1.165) is 4.90 Å². The van der Waals surface area contributed by atoms with Gasteiger partial charge in [-0.25, -0.2) is 4.90 Å². The molecule has 10 heteroatoms. The molecule has 170 valence electrons. The topological polar surface area (TPSA) is 117 Å². The Kier molecular flexibility index (Phi) is 5.20. The Morgan fingerprint density at radius 2 is 1.67 bits per heavy atom. The maximum Gasteiger partial charge on any atom is 0.294 e. The van der Waals surface area contributed by atoms with Crippen molar-refractivity contribution in [2.75, 3.05) is 36.0 Å².